The molecule has 6 nitrogen and oxygen atoms in total. The summed E-state index contributed by atoms with van der Waals surface area (Å²) < 4.78 is 38.6. The van der Waals surface area contributed by atoms with Gasteiger partial charge in [0.15, 0.2) is 0 Å². The first-order valence-electron chi connectivity index (χ1n) is 14.5. The Morgan fingerprint density at radius 1 is 0.371 bits per heavy atom. The summed E-state index contributed by atoms with van der Waals surface area (Å²) in [6.07, 6.45) is 12.7. The van der Waals surface area contributed by atoms with Crippen LogP contribution >= 0.6 is 11.8 Å². The Bertz CT molecular complexity index is 357. The van der Waals surface area contributed by atoms with Gasteiger partial charge in [-0.3, -0.25) is 0 Å². The minimum absolute atomic E-state index is 0.692. The highest BCUT2D eigenvalue weighted by Gasteiger charge is 2.46. The summed E-state index contributed by atoms with van der Waals surface area (Å²) in [6, 6.07) is 0. The molecule has 0 unspecified atom stereocenters. The van der Waals surface area contributed by atoms with Crippen LogP contribution in [0.25, 0.3) is 0 Å². The Kier molecular flexibility index (Phi) is 25.2. The summed E-state index contributed by atoms with van der Waals surface area (Å²) >= 11 is 1.79. The van der Waals surface area contributed by atoms with Crippen LogP contribution in [0.1, 0.15) is 119 Å². The van der Waals surface area contributed by atoms with Crippen LogP contribution in [-0.2, 0) is 26.6 Å². The first-order chi connectivity index (χ1) is 17.1. The number of unbranched alkanes of at least 4 members (excludes halogenated alkanes) is 6. The highest BCUT2D eigenvalue weighted by atomic mass is 32.2. The van der Waals surface area contributed by atoms with Crippen molar-refractivity contribution in [1.82, 2.24) is 0 Å². The quantitative estimate of drug-likeness (QED) is 0.0730. The van der Waals surface area contributed by atoms with E-state index in [1.54, 1.807) is 11.8 Å². The van der Waals surface area contributed by atoms with Gasteiger partial charge in [-0.25, -0.2) is 0 Å². The lowest BCUT2D eigenvalue weighted by Crippen LogP contribution is -2.53. The van der Waals surface area contributed by atoms with Crippen LogP contribution < -0.4 is 0 Å². The third kappa shape index (κ3) is 18.4. The van der Waals surface area contributed by atoms with Crippen LogP contribution in [0.4, 0.5) is 0 Å². The molecule has 0 aliphatic carbocycles. The van der Waals surface area contributed by atoms with Gasteiger partial charge in [-0.1, -0.05) is 80.1 Å². The van der Waals surface area contributed by atoms with E-state index in [0.29, 0.717) is 50.4 Å². The zero-order chi connectivity index (χ0) is 26.1. The molecule has 0 saturated carbocycles. The molecule has 35 heavy (non-hydrogen) atoms. The number of rotatable bonds is 28. The molecule has 0 spiro atoms. The maximum atomic E-state index is 6.44. The molecule has 0 saturated heterocycles. The monoisotopic (exact) mass is 554 g/mol. The topological polar surface area (TPSA) is 55.4 Å². The van der Waals surface area contributed by atoms with E-state index in [0.717, 1.165) is 77.0 Å². The third-order valence-electron chi connectivity index (χ3n) is 5.48. The molecule has 9 heteroatoms. The second-order valence-electron chi connectivity index (χ2n) is 9.07. The van der Waals surface area contributed by atoms with E-state index in [1.807, 2.05) is 0 Å². The first-order valence-corrected chi connectivity index (χ1v) is 19.5. The van der Waals surface area contributed by atoms with Crippen LogP contribution in [0, 0.1) is 0 Å². The molecule has 0 fully saturated rings. The Labute approximate surface area is 224 Å². The zero-order valence-corrected chi connectivity index (χ0v) is 26.8. The van der Waals surface area contributed by atoms with Crippen molar-refractivity contribution in [1.29, 1.82) is 0 Å². The molecule has 0 aromatic heterocycles. The smallest absolute Gasteiger partial charge is 0.373 e. The fourth-order valence-electron chi connectivity index (χ4n) is 3.03. The molecule has 0 atom stereocenters. The molecule has 0 N–H and O–H groups in total. The number of thioether (sulfide) groups is 1. The van der Waals surface area contributed by atoms with Crippen molar-refractivity contribution >= 4 is 29.4 Å². The van der Waals surface area contributed by atoms with Gasteiger partial charge < -0.3 is 26.6 Å². The van der Waals surface area contributed by atoms with Gasteiger partial charge in [0.2, 0.25) is 0 Å². The summed E-state index contributed by atoms with van der Waals surface area (Å²) in [7, 11) is -5.61. The molecular formula is C26H58O6SSi2. The molecule has 0 amide bonds. The first kappa shape index (κ1) is 35.5. The molecule has 212 valence electrons. The summed E-state index contributed by atoms with van der Waals surface area (Å²) in [5.74, 6) is 0. The fourth-order valence-corrected chi connectivity index (χ4v) is 11.6. The van der Waals surface area contributed by atoms with Crippen molar-refractivity contribution in [3.63, 3.8) is 0 Å². The third-order valence-corrected chi connectivity index (χ3v) is 13.8. The summed E-state index contributed by atoms with van der Waals surface area (Å²) in [6.45, 7) is 17.3. The fraction of sp³-hybridized carbons (Fsp3) is 1.00. The molecule has 0 rings (SSSR count). The molecule has 0 radical (unpaired) electrons. The van der Waals surface area contributed by atoms with E-state index >= 15 is 0 Å². The number of hydrogen-bond donors (Lipinski definition) is 0. The maximum Gasteiger partial charge on any atom is 0.511 e. The highest BCUT2D eigenvalue weighted by Crippen LogP contribution is 2.24. The van der Waals surface area contributed by atoms with Gasteiger partial charge in [-0.15, -0.1) is 0 Å². The average Bonchev–Trinajstić information content (AvgIpc) is 2.85. The van der Waals surface area contributed by atoms with Gasteiger partial charge in [0.05, 0.1) is 10.8 Å². The molecule has 0 aromatic carbocycles. The van der Waals surface area contributed by atoms with Crippen molar-refractivity contribution in [3.05, 3.63) is 0 Å². The molecule has 0 aliphatic heterocycles. The van der Waals surface area contributed by atoms with Gasteiger partial charge in [-0.2, -0.15) is 11.8 Å². The second kappa shape index (κ2) is 24.9. The van der Waals surface area contributed by atoms with Crippen LogP contribution in [0.5, 0.6) is 0 Å². The lowest BCUT2D eigenvalue weighted by molar-refractivity contribution is 0.0611. The van der Waals surface area contributed by atoms with Gasteiger partial charge in [0.25, 0.3) is 0 Å². The van der Waals surface area contributed by atoms with Crippen LogP contribution in [0.2, 0.25) is 0 Å². The van der Waals surface area contributed by atoms with Crippen LogP contribution in [0.3, 0.4) is 0 Å². The Morgan fingerprint density at radius 2 is 0.571 bits per heavy atom. The van der Waals surface area contributed by atoms with E-state index in [1.165, 1.54) is 0 Å². The standard InChI is InChI=1S/C26H58O6SSi2/c1-7-13-19-27-34(28-20-14-8-2,29-21-15-9-3)25-33-26-35(30-22-16-10-4,31-23-17-11-5)32-24-18-12-6/h7-26H2,1-6H3. The van der Waals surface area contributed by atoms with E-state index in [9.17, 15) is 0 Å². The van der Waals surface area contributed by atoms with Gasteiger partial charge >= 0.3 is 17.6 Å². The Hall–Kier alpha value is 0.544. The Balaban J connectivity index is 5.49. The highest BCUT2D eigenvalue weighted by molar-refractivity contribution is 8.02. The summed E-state index contributed by atoms with van der Waals surface area (Å²) in [5.41, 5.74) is 0. The molecule has 0 aliphatic rings. The summed E-state index contributed by atoms with van der Waals surface area (Å²) in [5, 5.41) is 1.43. The summed E-state index contributed by atoms with van der Waals surface area (Å²) in [4.78, 5) is 0. The van der Waals surface area contributed by atoms with Crippen molar-refractivity contribution in [2.24, 2.45) is 0 Å². The zero-order valence-electron chi connectivity index (χ0n) is 24.0. The van der Waals surface area contributed by atoms with E-state index in [4.69, 9.17) is 26.6 Å². The van der Waals surface area contributed by atoms with Crippen molar-refractivity contribution < 1.29 is 26.6 Å². The van der Waals surface area contributed by atoms with Crippen LogP contribution in [0.15, 0.2) is 0 Å². The largest absolute Gasteiger partial charge is 0.511 e. The van der Waals surface area contributed by atoms with E-state index in [-0.39, 0.29) is 0 Å². The molecule has 0 aromatic rings. The predicted molar refractivity (Wildman–Crippen MR) is 154 cm³/mol. The second-order valence-corrected chi connectivity index (χ2v) is 16.3. The lowest BCUT2D eigenvalue weighted by Gasteiger charge is -2.32. The van der Waals surface area contributed by atoms with Gasteiger partial charge in [-0.05, 0) is 38.5 Å². The number of hydrogen-bond acceptors (Lipinski definition) is 7. The minimum Gasteiger partial charge on any atom is -0.373 e. The molecule has 0 heterocycles. The van der Waals surface area contributed by atoms with Crippen molar-refractivity contribution in [2.75, 3.05) is 50.4 Å². The van der Waals surface area contributed by atoms with Gasteiger partial charge in [0, 0.05) is 39.6 Å². The van der Waals surface area contributed by atoms with Crippen LogP contribution in [-0.4, -0.2) is 68.0 Å². The SMILES string of the molecule is CCCCO[Si](CSC[Si](OCCCC)(OCCCC)OCCCC)(OCCCC)OCCCC. The predicted octanol–water partition coefficient (Wildman–Crippen LogP) is 7.58. The van der Waals surface area contributed by atoms with E-state index in [2.05, 4.69) is 41.5 Å². The average molecular weight is 555 g/mol. The normalized spacial score (nSPS) is 12.5. The lowest BCUT2D eigenvalue weighted by atomic mass is 10.4. The van der Waals surface area contributed by atoms with E-state index < -0.39 is 17.6 Å². The minimum atomic E-state index is -2.80. The van der Waals surface area contributed by atoms with Crippen molar-refractivity contribution in [2.45, 2.75) is 119 Å². The molecular weight excluding hydrogens is 497 g/mol. The van der Waals surface area contributed by atoms with Gasteiger partial charge in [0.1, 0.15) is 0 Å². The Morgan fingerprint density at radius 3 is 0.743 bits per heavy atom. The molecule has 0 bridgehead atoms. The van der Waals surface area contributed by atoms with Crippen molar-refractivity contribution in [3.8, 4) is 0 Å². The maximum absolute atomic E-state index is 6.44.